The molecule has 25 heavy (non-hydrogen) atoms. The van der Waals surface area contributed by atoms with E-state index in [4.69, 9.17) is 4.74 Å². The lowest BCUT2D eigenvalue weighted by molar-refractivity contribution is -0.142. The summed E-state index contributed by atoms with van der Waals surface area (Å²) in [5.74, 6) is -0.0107. The minimum Gasteiger partial charge on any atom is -0.482 e. The number of benzene rings is 1. The van der Waals surface area contributed by atoms with E-state index in [0.29, 0.717) is 16.3 Å². The quantitative estimate of drug-likeness (QED) is 0.395. The van der Waals surface area contributed by atoms with Crippen LogP contribution in [0.25, 0.3) is 10.6 Å². The summed E-state index contributed by atoms with van der Waals surface area (Å²) in [4.78, 5) is 12.5. The maximum atomic E-state index is 12.0. The van der Waals surface area contributed by atoms with Gasteiger partial charge in [-0.3, -0.25) is 0 Å². The Morgan fingerprint density at radius 2 is 1.96 bits per heavy atom. The first-order chi connectivity index (χ1) is 11.8. The second-order valence-corrected chi connectivity index (χ2v) is 7.71. The van der Waals surface area contributed by atoms with E-state index in [1.54, 1.807) is 38.4 Å². The smallest absolute Gasteiger partial charge is 0.343 e. The van der Waals surface area contributed by atoms with Crippen LogP contribution in [0.4, 0.5) is 0 Å². The summed E-state index contributed by atoms with van der Waals surface area (Å²) in [6.07, 6.45) is 1.18. The van der Waals surface area contributed by atoms with Gasteiger partial charge in [-0.15, -0.1) is 14.6 Å². The van der Waals surface area contributed by atoms with Crippen LogP contribution in [0.1, 0.15) is 0 Å². The molecule has 0 bridgehead atoms. The fourth-order valence-electron chi connectivity index (χ4n) is 1.53. The Kier molecular flexibility index (Phi) is 6.04. The monoisotopic (exact) mass is 384 g/mol. The topological polar surface area (TPSA) is 111 Å². The molecule has 9 nitrogen and oxygen atoms in total. The van der Waals surface area contributed by atoms with Gasteiger partial charge in [-0.05, 0) is 24.3 Å². The number of methoxy groups -OCH3 is 1. The van der Waals surface area contributed by atoms with Crippen LogP contribution in [0.5, 0.6) is 5.75 Å². The molecule has 0 radical (unpaired) electrons. The van der Waals surface area contributed by atoms with Crippen LogP contribution in [0.15, 0.2) is 33.0 Å². The summed E-state index contributed by atoms with van der Waals surface area (Å²) in [5.41, 5.74) is 0.668. The highest BCUT2D eigenvalue weighted by Crippen LogP contribution is 2.28. The lowest BCUT2D eigenvalue weighted by Crippen LogP contribution is -2.12. The van der Waals surface area contributed by atoms with Gasteiger partial charge < -0.3 is 14.4 Å². The van der Waals surface area contributed by atoms with Gasteiger partial charge in [0.25, 0.3) is 4.34 Å². The van der Waals surface area contributed by atoms with Crippen molar-refractivity contribution < 1.29 is 22.7 Å². The molecular weight excluding hydrogens is 368 g/mol. The first-order valence-corrected chi connectivity index (χ1v) is 9.18. The SMILES string of the molecule is COC(=O)COc1ccc(-c2nnc(S(=O)(=O)/N=C/N(C)C)s2)cc1. The standard InChI is InChI=1S/C14H16N4O5S2/c1-18(2)9-15-25(20,21)14-17-16-13(24-14)10-4-6-11(7-5-10)23-8-12(19)22-3/h4-7,9H,8H2,1-3H3/b15-9+. The highest BCUT2D eigenvalue weighted by molar-refractivity contribution is 7.92. The van der Waals surface area contributed by atoms with Crippen LogP contribution in [0, 0.1) is 0 Å². The predicted molar refractivity (Wildman–Crippen MR) is 92.2 cm³/mol. The normalized spacial score (nSPS) is 11.5. The zero-order chi connectivity index (χ0) is 18.4. The Bertz CT molecular complexity index is 860. The van der Waals surface area contributed by atoms with E-state index in [-0.39, 0.29) is 10.9 Å². The summed E-state index contributed by atoms with van der Waals surface area (Å²) in [6.45, 7) is -0.194. The Balaban J connectivity index is 2.13. The van der Waals surface area contributed by atoms with Gasteiger partial charge >= 0.3 is 16.0 Å². The van der Waals surface area contributed by atoms with Crippen molar-refractivity contribution in [2.45, 2.75) is 4.34 Å². The van der Waals surface area contributed by atoms with Gasteiger partial charge in [0, 0.05) is 19.7 Å². The molecule has 11 heteroatoms. The molecule has 0 unspecified atom stereocenters. The molecule has 0 saturated carbocycles. The second-order valence-electron chi connectivity index (χ2n) is 4.92. The van der Waals surface area contributed by atoms with Gasteiger partial charge in [0.2, 0.25) is 0 Å². The van der Waals surface area contributed by atoms with E-state index in [0.717, 1.165) is 11.3 Å². The molecule has 134 valence electrons. The number of sulfonamides is 1. The first-order valence-electron chi connectivity index (χ1n) is 6.92. The highest BCUT2D eigenvalue weighted by atomic mass is 32.2. The zero-order valence-electron chi connectivity index (χ0n) is 13.7. The van der Waals surface area contributed by atoms with E-state index < -0.39 is 16.0 Å². The Labute approximate surface area is 149 Å². The lowest BCUT2D eigenvalue weighted by Gasteiger charge is -2.04. The predicted octanol–water partition coefficient (Wildman–Crippen LogP) is 1.04. The minimum absolute atomic E-state index is 0.188. The number of carbonyl (C=O) groups excluding carboxylic acids is 1. The summed E-state index contributed by atoms with van der Waals surface area (Å²) in [6, 6.07) is 6.65. The van der Waals surface area contributed by atoms with E-state index in [2.05, 4.69) is 19.3 Å². The maximum absolute atomic E-state index is 12.0. The van der Waals surface area contributed by atoms with E-state index in [1.165, 1.54) is 18.3 Å². The van der Waals surface area contributed by atoms with Crippen LogP contribution in [0.3, 0.4) is 0 Å². The molecule has 0 N–H and O–H groups in total. The molecule has 0 amide bonds. The molecule has 1 aromatic carbocycles. The van der Waals surface area contributed by atoms with Crippen molar-refractivity contribution in [3.8, 4) is 16.3 Å². The molecule has 0 saturated heterocycles. The van der Waals surface area contributed by atoms with Crippen LogP contribution in [-0.2, 0) is 19.6 Å². The average Bonchev–Trinajstić information content (AvgIpc) is 3.09. The van der Waals surface area contributed by atoms with Crippen LogP contribution < -0.4 is 4.74 Å². The third kappa shape index (κ3) is 5.22. The van der Waals surface area contributed by atoms with E-state index in [9.17, 15) is 13.2 Å². The summed E-state index contributed by atoms with van der Waals surface area (Å²) in [5, 5.41) is 8.00. The van der Waals surface area contributed by atoms with Gasteiger partial charge in [-0.25, -0.2) is 4.79 Å². The fourth-order valence-corrected chi connectivity index (χ4v) is 3.44. The van der Waals surface area contributed by atoms with Crippen LogP contribution in [0.2, 0.25) is 0 Å². The van der Waals surface area contributed by atoms with Crippen molar-refractivity contribution in [3.05, 3.63) is 24.3 Å². The minimum atomic E-state index is -3.88. The Hall–Kier alpha value is -2.53. The maximum Gasteiger partial charge on any atom is 0.343 e. The number of hydrogen-bond acceptors (Lipinski definition) is 8. The number of aromatic nitrogens is 2. The van der Waals surface area contributed by atoms with Crippen LogP contribution in [-0.4, -0.2) is 63.6 Å². The van der Waals surface area contributed by atoms with Crippen molar-refractivity contribution in [3.63, 3.8) is 0 Å². The molecule has 0 aliphatic heterocycles. The molecule has 0 fully saturated rings. The largest absolute Gasteiger partial charge is 0.482 e. The van der Waals surface area contributed by atoms with E-state index >= 15 is 0 Å². The van der Waals surface area contributed by atoms with Crippen LogP contribution >= 0.6 is 11.3 Å². The van der Waals surface area contributed by atoms with Gasteiger partial charge in [0.05, 0.1) is 7.11 Å². The summed E-state index contributed by atoms with van der Waals surface area (Å²) < 4.78 is 37.1. The molecule has 1 heterocycles. The molecular formula is C14H16N4O5S2. The fraction of sp³-hybridized carbons (Fsp3) is 0.286. The Morgan fingerprint density at radius 3 is 2.56 bits per heavy atom. The van der Waals surface area contributed by atoms with Crippen molar-refractivity contribution in [1.29, 1.82) is 0 Å². The van der Waals surface area contributed by atoms with Crippen molar-refractivity contribution in [2.75, 3.05) is 27.8 Å². The second kappa shape index (κ2) is 8.03. The molecule has 0 atom stereocenters. The van der Waals surface area contributed by atoms with Crippen molar-refractivity contribution in [2.24, 2.45) is 4.40 Å². The summed E-state index contributed by atoms with van der Waals surface area (Å²) >= 11 is 0.915. The lowest BCUT2D eigenvalue weighted by atomic mass is 10.2. The molecule has 0 aliphatic rings. The average molecular weight is 384 g/mol. The third-order valence-electron chi connectivity index (χ3n) is 2.73. The van der Waals surface area contributed by atoms with Gasteiger partial charge in [-0.2, -0.15) is 8.42 Å². The zero-order valence-corrected chi connectivity index (χ0v) is 15.4. The number of carbonyl (C=O) groups is 1. The molecule has 2 rings (SSSR count). The van der Waals surface area contributed by atoms with Gasteiger partial charge in [0.15, 0.2) is 6.61 Å². The Morgan fingerprint density at radius 1 is 1.28 bits per heavy atom. The van der Waals surface area contributed by atoms with Gasteiger partial charge in [0.1, 0.15) is 17.1 Å². The molecule has 1 aromatic heterocycles. The van der Waals surface area contributed by atoms with Crippen molar-refractivity contribution >= 4 is 33.7 Å². The van der Waals surface area contributed by atoms with Crippen molar-refractivity contribution in [1.82, 2.24) is 15.1 Å². The van der Waals surface area contributed by atoms with E-state index in [1.807, 2.05) is 0 Å². The molecule has 0 aliphatic carbocycles. The number of hydrogen-bond donors (Lipinski definition) is 0. The van der Waals surface area contributed by atoms with Gasteiger partial charge in [-0.1, -0.05) is 11.3 Å². The highest BCUT2D eigenvalue weighted by Gasteiger charge is 2.19. The number of rotatable bonds is 7. The molecule has 2 aromatic rings. The first kappa shape index (κ1) is 18.8. The third-order valence-corrected chi connectivity index (χ3v) is 5.27. The number of esters is 1. The summed E-state index contributed by atoms with van der Waals surface area (Å²) in [7, 11) is 0.723. The molecule has 0 spiro atoms. The number of ether oxygens (including phenoxy) is 2. The number of nitrogens with zero attached hydrogens (tertiary/aromatic N) is 4.